The summed E-state index contributed by atoms with van der Waals surface area (Å²) in [6.07, 6.45) is 1.89. The molecule has 0 heterocycles. The Labute approximate surface area is 225 Å². The van der Waals surface area contributed by atoms with Gasteiger partial charge in [0, 0.05) is 24.7 Å². The standard InChI is InChI=1S/C28H43NO9/c1-7-10-12-23(30)37-21-15-14-20(16-22(21)38-24(31)13-11-8-2)25(26(29)27(32)33)18(5)19(6)36-28(34)35-17(4)9-3/h14-19,25-26H,7-13,29H2,1-6H3,(H,32,33)/t17?,18?,19?,25?,26-/m0/s1. The van der Waals surface area contributed by atoms with Crippen LogP contribution in [-0.2, 0) is 23.9 Å². The Morgan fingerprint density at radius 3 is 1.92 bits per heavy atom. The molecule has 5 atom stereocenters. The molecule has 1 aromatic carbocycles. The van der Waals surface area contributed by atoms with Crippen molar-refractivity contribution in [2.24, 2.45) is 11.7 Å². The normalized spacial score (nSPS) is 14.9. The number of hydrogen-bond donors (Lipinski definition) is 2. The van der Waals surface area contributed by atoms with Gasteiger partial charge in [0.25, 0.3) is 0 Å². The van der Waals surface area contributed by atoms with Crippen LogP contribution >= 0.6 is 0 Å². The molecule has 0 fully saturated rings. The highest BCUT2D eigenvalue weighted by Gasteiger charge is 2.36. The van der Waals surface area contributed by atoms with E-state index in [1.807, 2.05) is 20.8 Å². The minimum Gasteiger partial charge on any atom is -0.480 e. The smallest absolute Gasteiger partial charge is 0.480 e. The SMILES string of the molecule is CCCCC(=O)Oc1ccc(C(C(C)C(C)OC(=O)OC(C)CC)[C@H](N)C(=O)O)cc1OC(=O)CCCC. The molecular weight excluding hydrogens is 494 g/mol. The zero-order valence-corrected chi connectivity index (χ0v) is 23.4. The number of ether oxygens (including phenoxy) is 4. The molecule has 0 spiro atoms. The van der Waals surface area contributed by atoms with Crippen LogP contribution in [0.1, 0.15) is 98.0 Å². The zero-order chi connectivity index (χ0) is 28.8. The second kappa shape index (κ2) is 16.7. The average Bonchev–Trinajstić information content (AvgIpc) is 2.87. The lowest BCUT2D eigenvalue weighted by Crippen LogP contribution is -2.42. The largest absolute Gasteiger partial charge is 0.508 e. The molecule has 214 valence electrons. The molecule has 0 amide bonds. The summed E-state index contributed by atoms with van der Waals surface area (Å²) in [5.41, 5.74) is 6.51. The van der Waals surface area contributed by atoms with Gasteiger partial charge in [0.1, 0.15) is 18.2 Å². The highest BCUT2D eigenvalue weighted by molar-refractivity contribution is 5.77. The number of benzene rings is 1. The van der Waals surface area contributed by atoms with E-state index in [9.17, 15) is 24.3 Å². The van der Waals surface area contributed by atoms with Crippen molar-refractivity contribution in [2.75, 3.05) is 0 Å². The van der Waals surface area contributed by atoms with Crippen molar-refractivity contribution in [2.45, 2.75) is 111 Å². The number of aliphatic carboxylic acids is 1. The lowest BCUT2D eigenvalue weighted by atomic mass is 9.79. The number of carboxylic acids is 1. The third kappa shape index (κ3) is 10.7. The fourth-order valence-corrected chi connectivity index (χ4v) is 3.70. The molecular formula is C28H43NO9. The van der Waals surface area contributed by atoms with E-state index in [0.717, 1.165) is 12.8 Å². The maximum absolute atomic E-state index is 12.4. The summed E-state index contributed by atoms with van der Waals surface area (Å²) in [5, 5.41) is 9.73. The van der Waals surface area contributed by atoms with Crippen LogP contribution in [0.2, 0.25) is 0 Å². The second-order valence-corrected chi connectivity index (χ2v) is 9.52. The quantitative estimate of drug-likeness (QED) is 0.208. The van der Waals surface area contributed by atoms with Crippen LogP contribution in [0, 0.1) is 5.92 Å². The third-order valence-corrected chi connectivity index (χ3v) is 6.40. The van der Waals surface area contributed by atoms with E-state index in [2.05, 4.69) is 0 Å². The molecule has 0 aliphatic rings. The van der Waals surface area contributed by atoms with Crippen molar-refractivity contribution in [3.05, 3.63) is 23.8 Å². The van der Waals surface area contributed by atoms with Crippen molar-refractivity contribution < 1.29 is 43.2 Å². The number of unbranched alkanes of at least 4 members (excludes halogenated alkanes) is 2. The van der Waals surface area contributed by atoms with E-state index in [1.54, 1.807) is 26.8 Å². The highest BCUT2D eigenvalue weighted by Crippen LogP contribution is 2.37. The van der Waals surface area contributed by atoms with Gasteiger partial charge >= 0.3 is 24.1 Å². The number of nitrogens with two attached hydrogens (primary N) is 1. The minimum absolute atomic E-state index is 0.00649. The molecule has 3 N–H and O–H groups in total. The lowest BCUT2D eigenvalue weighted by Gasteiger charge is -2.31. The maximum atomic E-state index is 12.4. The van der Waals surface area contributed by atoms with Crippen molar-refractivity contribution in [3.63, 3.8) is 0 Å². The first-order valence-electron chi connectivity index (χ1n) is 13.4. The fourth-order valence-electron chi connectivity index (χ4n) is 3.70. The molecule has 38 heavy (non-hydrogen) atoms. The summed E-state index contributed by atoms with van der Waals surface area (Å²) < 4.78 is 21.6. The van der Waals surface area contributed by atoms with Crippen LogP contribution in [0.15, 0.2) is 18.2 Å². The van der Waals surface area contributed by atoms with Gasteiger partial charge in [-0.2, -0.15) is 0 Å². The topological polar surface area (TPSA) is 151 Å². The first kappa shape index (κ1) is 32.9. The monoisotopic (exact) mass is 537 g/mol. The number of carbonyl (C=O) groups is 4. The second-order valence-electron chi connectivity index (χ2n) is 9.52. The van der Waals surface area contributed by atoms with E-state index in [-0.39, 0.29) is 30.4 Å². The number of rotatable bonds is 16. The molecule has 0 saturated heterocycles. The Morgan fingerprint density at radius 2 is 1.42 bits per heavy atom. The fraction of sp³-hybridized carbons (Fsp3) is 0.643. The maximum Gasteiger partial charge on any atom is 0.508 e. The molecule has 0 saturated carbocycles. The van der Waals surface area contributed by atoms with E-state index in [0.29, 0.717) is 24.8 Å². The summed E-state index contributed by atoms with van der Waals surface area (Å²) in [4.78, 5) is 48.8. The first-order valence-corrected chi connectivity index (χ1v) is 13.4. The van der Waals surface area contributed by atoms with Gasteiger partial charge in [-0.3, -0.25) is 14.4 Å². The molecule has 0 bridgehead atoms. The van der Waals surface area contributed by atoms with Crippen molar-refractivity contribution in [3.8, 4) is 11.5 Å². The number of carbonyl (C=O) groups excluding carboxylic acids is 3. The van der Waals surface area contributed by atoms with E-state index in [4.69, 9.17) is 24.7 Å². The van der Waals surface area contributed by atoms with Crippen LogP contribution in [0.4, 0.5) is 4.79 Å². The summed E-state index contributed by atoms with van der Waals surface area (Å²) in [5.74, 6) is -3.62. The Hall–Kier alpha value is -3.14. The van der Waals surface area contributed by atoms with Gasteiger partial charge in [0.05, 0.1) is 0 Å². The van der Waals surface area contributed by atoms with Gasteiger partial charge in [0.2, 0.25) is 0 Å². The van der Waals surface area contributed by atoms with Crippen molar-refractivity contribution >= 4 is 24.1 Å². The summed E-state index contributed by atoms with van der Waals surface area (Å²) in [7, 11) is 0. The van der Waals surface area contributed by atoms with Gasteiger partial charge in [-0.15, -0.1) is 0 Å². The molecule has 0 radical (unpaired) electrons. The molecule has 0 aliphatic heterocycles. The Kier molecular flexibility index (Phi) is 14.4. The average molecular weight is 538 g/mol. The van der Waals surface area contributed by atoms with Crippen LogP contribution in [0.3, 0.4) is 0 Å². The van der Waals surface area contributed by atoms with Gasteiger partial charge in [-0.25, -0.2) is 4.79 Å². The van der Waals surface area contributed by atoms with E-state index < -0.39 is 48.0 Å². The zero-order valence-electron chi connectivity index (χ0n) is 23.4. The predicted molar refractivity (Wildman–Crippen MR) is 141 cm³/mol. The predicted octanol–water partition coefficient (Wildman–Crippen LogP) is 5.35. The minimum atomic E-state index is -1.37. The molecule has 1 rings (SSSR count). The van der Waals surface area contributed by atoms with Crippen LogP contribution in [-0.4, -0.2) is 47.4 Å². The van der Waals surface area contributed by atoms with Crippen molar-refractivity contribution in [1.82, 2.24) is 0 Å². The molecule has 0 aromatic heterocycles. The van der Waals surface area contributed by atoms with Crippen LogP contribution in [0.5, 0.6) is 11.5 Å². The van der Waals surface area contributed by atoms with Gasteiger partial charge < -0.3 is 29.8 Å². The van der Waals surface area contributed by atoms with Crippen LogP contribution in [0.25, 0.3) is 0 Å². The summed E-state index contributed by atoms with van der Waals surface area (Å²) >= 11 is 0. The van der Waals surface area contributed by atoms with E-state index in [1.165, 1.54) is 12.1 Å². The number of carboxylic acid groups (broad SMARTS) is 1. The Bertz CT molecular complexity index is 933. The van der Waals surface area contributed by atoms with Gasteiger partial charge in [-0.1, -0.05) is 46.6 Å². The highest BCUT2D eigenvalue weighted by atomic mass is 16.7. The molecule has 0 aliphatic carbocycles. The molecule has 4 unspecified atom stereocenters. The molecule has 1 aromatic rings. The lowest BCUT2D eigenvalue weighted by molar-refractivity contribution is -0.140. The van der Waals surface area contributed by atoms with Gasteiger partial charge in [-0.05, 0) is 50.8 Å². The Morgan fingerprint density at radius 1 is 0.868 bits per heavy atom. The van der Waals surface area contributed by atoms with Crippen molar-refractivity contribution in [1.29, 1.82) is 0 Å². The van der Waals surface area contributed by atoms with Gasteiger partial charge in [0.15, 0.2) is 11.5 Å². The Balaban J connectivity index is 3.37. The van der Waals surface area contributed by atoms with Crippen LogP contribution < -0.4 is 15.2 Å². The summed E-state index contributed by atoms with van der Waals surface area (Å²) in [6.45, 7) is 10.8. The number of esters is 2. The third-order valence-electron chi connectivity index (χ3n) is 6.40. The molecule has 10 nitrogen and oxygen atoms in total. The molecule has 10 heteroatoms. The van der Waals surface area contributed by atoms with E-state index >= 15 is 0 Å². The first-order chi connectivity index (χ1) is 17.9. The number of hydrogen-bond acceptors (Lipinski definition) is 9. The summed E-state index contributed by atoms with van der Waals surface area (Å²) in [6, 6.07) is 3.11.